The molecule has 8 heteroatoms. The van der Waals surface area contributed by atoms with Gasteiger partial charge in [0.25, 0.3) is 0 Å². The van der Waals surface area contributed by atoms with Crippen molar-refractivity contribution in [3.63, 3.8) is 0 Å². The molecule has 0 N–H and O–H groups in total. The van der Waals surface area contributed by atoms with Crippen molar-refractivity contribution in [2.45, 2.75) is 111 Å². The van der Waals surface area contributed by atoms with Gasteiger partial charge in [0.2, 0.25) is 11.6 Å². The van der Waals surface area contributed by atoms with Crippen molar-refractivity contribution < 1.29 is 38.6 Å². The van der Waals surface area contributed by atoms with Gasteiger partial charge in [0.05, 0.1) is 0 Å². The van der Waals surface area contributed by atoms with Crippen LogP contribution < -0.4 is 0 Å². The standard InChI is InChI=1S/C21H40O8/c1-7-11-16-20(5,24-9-3)28-26-18(22)14-13-15-19(23)27-29-21(6,25-10-4)17-12-8-2/h7-17H2,1-6H3. The van der Waals surface area contributed by atoms with Crippen LogP contribution in [0, 0.1) is 0 Å². The highest BCUT2D eigenvalue weighted by molar-refractivity contribution is 5.71. The van der Waals surface area contributed by atoms with Crippen molar-refractivity contribution in [3.8, 4) is 0 Å². The summed E-state index contributed by atoms with van der Waals surface area (Å²) >= 11 is 0. The fourth-order valence-electron chi connectivity index (χ4n) is 2.61. The normalized spacial score (nSPS) is 15.4. The Labute approximate surface area is 175 Å². The Hall–Kier alpha value is -1.22. The fourth-order valence-corrected chi connectivity index (χ4v) is 2.61. The Balaban J connectivity index is 4.20. The Morgan fingerprint density at radius 1 is 0.655 bits per heavy atom. The largest absolute Gasteiger partial charge is 0.347 e. The summed E-state index contributed by atoms with van der Waals surface area (Å²) in [6.07, 6.45) is 5.25. The Morgan fingerprint density at radius 3 is 1.34 bits per heavy atom. The van der Waals surface area contributed by atoms with Crippen LogP contribution in [-0.2, 0) is 38.6 Å². The molecule has 2 atom stereocenters. The predicted octanol–water partition coefficient (Wildman–Crippen LogP) is 4.99. The lowest BCUT2D eigenvalue weighted by atomic mass is 10.1. The average Bonchev–Trinajstić information content (AvgIpc) is 2.68. The predicted molar refractivity (Wildman–Crippen MR) is 107 cm³/mol. The van der Waals surface area contributed by atoms with Crippen molar-refractivity contribution in [2.75, 3.05) is 13.2 Å². The molecular formula is C21H40O8. The van der Waals surface area contributed by atoms with Gasteiger partial charge in [-0.3, -0.25) is 9.78 Å². The van der Waals surface area contributed by atoms with Crippen LogP contribution in [0.4, 0.5) is 0 Å². The maximum Gasteiger partial charge on any atom is 0.342 e. The summed E-state index contributed by atoms with van der Waals surface area (Å²) in [5.41, 5.74) is 0. The van der Waals surface area contributed by atoms with Gasteiger partial charge in [-0.25, -0.2) is 9.59 Å². The van der Waals surface area contributed by atoms with Gasteiger partial charge in [-0.15, -0.1) is 9.78 Å². The Bertz CT molecular complexity index is 416. The lowest BCUT2D eigenvalue weighted by Crippen LogP contribution is -2.34. The van der Waals surface area contributed by atoms with Gasteiger partial charge in [0, 0.05) is 38.9 Å². The molecule has 0 bridgehead atoms. The second-order valence-electron chi connectivity index (χ2n) is 7.27. The monoisotopic (exact) mass is 420 g/mol. The van der Waals surface area contributed by atoms with Gasteiger partial charge in [-0.05, 0) is 47.0 Å². The molecular weight excluding hydrogens is 380 g/mol. The number of hydrogen-bond acceptors (Lipinski definition) is 8. The molecule has 0 aliphatic heterocycles. The van der Waals surface area contributed by atoms with Crippen LogP contribution in [0.5, 0.6) is 0 Å². The molecule has 0 amide bonds. The van der Waals surface area contributed by atoms with E-state index in [4.69, 9.17) is 29.0 Å². The molecule has 0 radical (unpaired) electrons. The van der Waals surface area contributed by atoms with Crippen LogP contribution in [0.2, 0.25) is 0 Å². The van der Waals surface area contributed by atoms with E-state index in [0.717, 1.165) is 25.7 Å². The molecule has 29 heavy (non-hydrogen) atoms. The zero-order chi connectivity index (χ0) is 22.2. The zero-order valence-corrected chi connectivity index (χ0v) is 19.0. The minimum atomic E-state index is -0.963. The number of rotatable bonds is 18. The third kappa shape index (κ3) is 13.6. The molecule has 0 aromatic rings. The molecule has 0 aromatic carbocycles. The van der Waals surface area contributed by atoms with E-state index in [1.54, 1.807) is 13.8 Å². The van der Waals surface area contributed by atoms with Crippen LogP contribution in [0.1, 0.15) is 99.3 Å². The molecule has 8 nitrogen and oxygen atoms in total. The molecule has 0 aliphatic rings. The highest BCUT2D eigenvalue weighted by Gasteiger charge is 2.29. The second kappa shape index (κ2) is 15.6. The Morgan fingerprint density at radius 2 is 1.03 bits per heavy atom. The van der Waals surface area contributed by atoms with Crippen LogP contribution in [0.3, 0.4) is 0 Å². The maximum absolute atomic E-state index is 11.9. The van der Waals surface area contributed by atoms with Crippen LogP contribution in [0.25, 0.3) is 0 Å². The molecule has 0 fully saturated rings. The summed E-state index contributed by atoms with van der Waals surface area (Å²) in [4.78, 5) is 43.9. The van der Waals surface area contributed by atoms with E-state index >= 15 is 0 Å². The average molecular weight is 421 g/mol. The van der Waals surface area contributed by atoms with E-state index in [2.05, 4.69) is 13.8 Å². The summed E-state index contributed by atoms with van der Waals surface area (Å²) in [6.45, 7) is 12.2. The van der Waals surface area contributed by atoms with Gasteiger partial charge >= 0.3 is 11.9 Å². The molecule has 0 heterocycles. The summed E-state index contributed by atoms with van der Waals surface area (Å²) in [5, 5.41) is 0. The van der Waals surface area contributed by atoms with E-state index in [-0.39, 0.29) is 19.3 Å². The maximum atomic E-state index is 11.9. The van der Waals surface area contributed by atoms with Gasteiger partial charge in [-0.1, -0.05) is 26.7 Å². The van der Waals surface area contributed by atoms with Gasteiger partial charge in [0.1, 0.15) is 0 Å². The third-order valence-electron chi connectivity index (χ3n) is 4.25. The molecule has 0 aromatic heterocycles. The first-order valence-corrected chi connectivity index (χ1v) is 10.8. The van der Waals surface area contributed by atoms with Gasteiger partial charge in [-0.2, -0.15) is 0 Å². The van der Waals surface area contributed by atoms with Crippen molar-refractivity contribution in [2.24, 2.45) is 0 Å². The summed E-state index contributed by atoms with van der Waals surface area (Å²) in [7, 11) is 0. The fraction of sp³-hybridized carbons (Fsp3) is 0.905. The summed E-state index contributed by atoms with van der Waals surface area (Å²) in [5.74, 6) is -3.06. The molecule has 0 aliphatic carbocycles. The van der Waals surface area contributed by atoms with E-state index in [9.17, 15) is 9.59 Å². The van der Waals surface area contributed by atoms with E-state index in [1.807, 2.05) is 13.8 Å². The first-order chi connectivity index (χ1) is 13.7. The second-order valence-corrected chi connectivity index (χ2v) is 7.27. The number of unbranched alkanes of at least 4 members (excludes halogenated alkanes) is 2. The molecule has 0 rings (SSSR count). The van der Waals surface area contributed by atoms with E-state index in [0.29, 0.717) is 26.1 Å². The molecule has 2 unspecified atom stereocenters. The van der Waals surface area contributed by atoms with E-state index in [1.165, 1.54) is 0 Å². The first kappa shape index (κ1) is 27.8. The van der Waals surface area contributed by atoms with E-state index < -0.39 is 23.5 Å². The first-order valence-electron chi connectivity index (χ1n) is 10.8. The smallest absolute Gasteiger partial charge is 0.342 e. The number of carbonyl (C=O) groups excluding carboxylic acids is 2. The van der Waals surface area contributed by atoms with Crippen LogP contribution in [0.15, 0.2) is 0 Å². The lowest BCUT2D eigenvalue weighted by molar-refractivity contribution is -0.400. The molecule has 0 saturated carbocycles. The minimum Gasteiger partial charge on any atom is -0.347 e. The van der Waals surface area contributed by atoms with Crippen molar-refractivity contribution in [3.05, 3.63) is 0 Å². The number of ether oxygens (including phenoxy) is 2. The zero-order valence-electron chi connectivity index (χ0n) is 19.0. The van der Waals surface area contributed by atoms with Gasteiger partial charge in [0.15, 0.2) is 0 Å². The number of carbonyl (C=O) groups is 2. The van der Waals surface area contributed by atoms with Crippen molar-refractivity contribution in [1.82, 2.24) is 0 Å². The Kier molecular flexibility index (Phi) is 14.9. The topological polar surface area (TPSA) is 89.5 Å². The van der Waals surface area contributed by atoms with Crippen molar-refractivity contribution >= 4 is 11.9 Å². The van der Waals surface area contributed by atoms with Crippen LogP contribution >= 0.6 is 0 Å². The third-order valence-corrected chi connectivity index (χ3v) is 4.25. The number of hydrogen-bond donors (Lipinski definition) is 0. The molecule has 0 saturated heterocycles. The lowest BCUT2D eigenvalue weighted by Gasteiger charge is -2.27. The quantitative estimate of drug-likeness (QED) is 0.174. The van der Waals surface area contributed by atoms with Crippen LogP contribution in [-0.4, -0.2) is 36.7 Å². The highest BCUT2D eigenvalue weighted by atomic mass is 17.2. The SMILES string of the molecule is CCCCC(C)(OCC)OOC(=O)CCCC(=O)OOC(C)(CCCC)OCC. The van der Waals surface area contributed by atoms with Crippen molar-refractivity contribution in [1.29, 1.82) is 0 Å². The summed E-state index contributed by atoms with van der Waals surface area (Å²) in [6, 6.07) is 0. The molecule has 0 spiro atoms. The molecule has 172 valence electrons. The van der Waals surface area contributed by atoms with Gasteiger partial charge < -0.3 is 9.47 Å². The highest BCUT2D eigenvalue weighted by Crippen LogP contribution is 2.22. The summed E-state index contributed by atoms with van der Waals surface area (Å²) < 4.78 is 11.1. The minimum absolute atomic E-state index is 0.0175.